The summed E-state index contributed by atoms with van der Waals surface area (Å²) in [5.41, 5.74) is -0.293. The number of rotatable bonds is 8. The molecule has 0 saturated heterocycles. The number of halogens is 3. The highest BCUT2D eigenvalue weighted by Crippen LogP contribution is 2.49. The van der Waals surface area contributed by atoms with Gasteiger partial charge in [-0.3, -0.25) is 8.97 Å². The van der Waals surface area contributed by atoms with Crippen molar-refractivity contribution in [1.82, 2.24) is 29.0 Å². The standard InChI is InChI=1S/C29H33F3N6O2/c1-4-40-22-13-28(14-22,25-35-34-18-36(25)3)20-7-5-8-21(12-20)37-17-24-23(29(30,31)32)11-19(16-38(24)26(37)39)15-33-27(2)9-6-10-27/h5,7-8,11-12,16-18,22,33H,4,6,9-10,13-15H2,1-3H3. The summed E-state index contributed by atoms with van der Waals surface area (Å²) in [4.78, 5) is 13.6. The third kappa shape index (κ3) is 4.45. The van der Waals surface area contributed by atoms with Gasteiger partial charge in [-0.2, -0.15) is 13.2 Å². The molecule has 0 spiro atoms. The number of pyridine rings is 1. The van der Waals surface area contributed by atoms with E-state index in [4.69, 9.17) is 4.74 Å². The molecule has 1 N–H and O–H groups in total. The number of hydrogen-bond donors (Lipinski definition) is 1. The highest BCUT2D eigenvalue weighted by molar-refractivity contribution is 5.58. The summed E-state index contributed by atoms with van der Waals surface area (Å²) in [6.07, 6.45) is 4.35. The molecule has 0 unspecified atom stereocenters. The van der Waals surface area contributed by atoms with Crippen LogP contribution in [0.2, 0.25) is 0 Å². The summed E-state index contributed by atoms with van der Waals surface area (Å²) in [5, 5.41) is 11.8. The zero-order valence-corrected chi connectivity index (χ0v) is 22.8. The fourth-order valence-corrected chi connectivity index (χ4v) is 6.24. The minimum atomic E-state index is -4.61. The molecule has 2 fully saturated rings. The molecule has 2 aliphatic carbocycles. The minimum absolute atomic E-state index is 0.0636. The van der Waals surface area contributed by atoms with E-state index in [0.717, 1.165) is 41.1 Å². The van der Waals surface area contributed by atoms with Gasteiger partial charge in [0.1, 0.15) is 12.2 Å². The van der Waals surface area contributed by atoms with Crippen molar-refractivity contribution in [2.45, 2.75) is 75.7 Å². The Kier molecular flexibility index (Phi) is 6.42. The summed E-state index contributed by atoms with van der Waals surface area (Å²) in [5.74, 6) is 0.784. The molecule has 2 aliphatic rings. The minimum Gasteiger partial charge on any atom is -0.378 e. The van der Waals surface area contributed by atoms with E-state index in [9.17, 15) is 18.0 Å². The Morgan fingerprint density at radius 2 is 1.95 bits per heavy atom. The number of nitrogens with one attached hydrogen (secondary N) is 1. The van der Waals surface area contributed by atoms with Crippen LogP contribution in [0.5, 0.6) is 0 Å². The first-order chi connectivity index (χ1) is 19.0. The summed E-state index contributed by atoms with van der Waals surface area (Å²) >= 11 is 0. The van der Waals surface area contributed by atoms with Crippen molar-refractivity contribution in [3.63, 3.8) is 0 Å². The van der Waals surface area contributed by atoms with Gasteiger partial charge >= 0.3 is 11.9 Å². The van der Waals surface area contributed by atoms with E-state index in [1.807, 2.05) is 36.7 Å². The zero-order valence-electron chi connectivity index (χ0n) is 22.8. The van der Waals surface area contributed by atoms with Crippen molar-refractivity contribution in [1.29, 1.82) is 0 Å². The van der Waals surface area contributed by atoms with Gasteiger partial charge in [0, 0.05) is 38.1 Å². The van der Waals surface area contributed by atoms with Gasteiger partial charge in [0.05, 0.1) is 28.3 Å². The van der Waals surface area contributed by atoms with Crippen molar-refractivity contribution in [2.75, 3.05) is 6.61 Å². The Bertz CT molecular complexity index is 1610. The van der Waals surface area contributed by atoms with Gasteiger partial charge < -0.3 is 14.6 Å². The first-order valence-corrected chi connectivity index (χ1v) is 13.7. The predicted molar refractivity (Wildman–Crippen MR) is 144 cm³/mol. The van der Waals surface area contributed by atoms with Gasteiger partial charge in [0.15, 0.2) is 0 Å². The number of imidazole rings is 1. The number of aryl methyl sites for hydroxylation is 1. The van der Waals surface area contributed by atoms with Crippen molar-refractivity contribution in [3.8, 4) is 5.69 Å². The average Bonchev–Trinajstić information content (AvgIpc) is 3.45. The molecule has 8 nitrogen and oxygen atoms in total. The summed E-state index contributed by atoms with van der Waals surface area (Å²) in [6, 6.07) is 8.54. The van der Waals surface area contributed by atoms with Gasteiger partial charge in [-0.05, 0) is 75.3 Å². The Labute approximate surface area is 229 Å². The van der Waals surface area contributed by atoms with Crippen LogP contribution in [0.4, 0.5) is 13.2 Å². The van der Waals surface area contributed by atoms with E-state index in [-0.39, 0.29) is 23.7 Å². The molecular weight excluding hydrogens is 521 g/mol. The molecule has 0 radical (unpaired) electrons. The quantitative estimate of drug-likeness (QED) is 0.340. The summed E-state index contributed by atoms with van der Waals surface area (Å²) < 4.78 is 52.7. The Balaban J connectivity index is 1.42. The van der Waals surface area contributed by atoms with Gasteiger partial charge in [-0.15, -0.1) is 10.2 Å². The maximum atomic E-state index is 14.2. The van der Waals surface area contributed by atoms with E-state index in [0.29, 0.717) is 30.7 Å². The van der Waals surface area contributed by atoms with Crippen molar-refractivity contribution in [2.24, 2.45) is 7.05 Å². The molecule has 1 aromatic carbocycles. The van der Waals surface area contributed by atoms with Crippen LogP contribution < -0.4 is 11.0 Å². The van der Waals surface area contributed by atoms with E-state index < -0.39 is 22.8 Å². The predicted octanol–water partition coefficient (Wildman–Crippen LogP) is 4.75. The first kappa shape index (κ1) is 26.8. The number of hydrogen-bond acceptors (Lipinski definition) is 5. The highest BCUT2D eigenvalue weighted by atomic mass is 19.4. The lowest BCUT2D eigenvalue weighted by Crippen LogP contribution is -2.48. The van der Waals surface area contributed by atoms with Crippen LogP contribution in [0.1, 0.15) is 68.5 Å². The SMILES string of the molecule is CCOC1CC(c2cccc(-n3cc4c(C(F)(F)F)cc(CNC5(C)CCC5)cn4c3=O)c2)(c2nncn2C)C1. The topological polar surface area (TPSA) is 78.4 Å². The van der Waals surface area contributed by atoms with Crippen molar-refractivity contribution < 1.29 is 17.9 Å². The van der Waals surface area contributed by atoms with Crippen LogP contribution in [0.25, 0.3) is 11.2 Å². The molecule has 2 saturated carbocycles. The second-order valence-electron chi connectivity index (χ2n) is 11.4. The van der Waals surface area contributed by atoms with Crippen LogP contribution >= 0.6 is 0 Å². The smallest absolute Gasteiger partial charge is 0.378 e. The molecule has 6 rings (SSSR count). The molecule has 4 aromatic rings. The molecule has 40 heavy (non-hydrogen) atoms. The lowest BCUT2D eigenvalue weighted by atomic mass is 9.62. The third-order valence-electron chi connectivity index (χ3n) is 8.68. The van der Waals surface area contributed by atoms with E-state index in [1.54, 1.807) is 12.4 Å². The molecule has 3 aromatic heterocycles. The zero-order chi connectivity index (χ0) is 28.3. The maximum absolute atomic E-state index is 14.2. The number of nitrogens with zero attached hydrogens (tertiary/aromatic N) is 5. The van der Waals surface area contributed by atoms with Crippen LogP contribution in [-0.2, 0) is 29.9 Å². The van der Waals surface area contributed by atoms with Gasteiger partial charge in [-0.1, -0.05) is 12.1 Å². The van der Waals surface area contributed by atoms with Crippen LogP contribution in [0.3, 0.4) is 0 Å². The molecule has 0 aliphatic heterocycles. The Hall–Kier alpha value is -3.44. The average molecular weight is 555 g/mol. The summed E-state index contributed by atoms with van der Waals surface area (Å²) in [6.45, 7) is 4.88. The van der Waals surface area contributed by atoms with Gasteiger partial charge in [0.25, 0.3) is 0 Å². The summed E-state index contributed by atoms with van der Waals surface area (Å²) in [7, 11) is 1.89. The van der Waals surface area contributed by atoms with Crippen molar-refractivity contribution in [3.05, 3.63) is 82.1 Å². The molecule has 3 heterocycles. The molecule has 0 atom stereocenters. The molecule has 0 bridgehead atoms. The van der Waals surface area contributed by atoms with Gasteiger partial charge in [0.2, 0.25) is 0 Å². The van der Waals surface area contributed by atoms with E-state index >= 15 is 0 Å². The van der Waals surface area contributed by atoms with E-state index in [2.05, 4.69) is 22.4 Å². The maximum Gasteiger partial charge on any atom is 0.418 e. The fraction of sp³-hybridized carbons (Fsp3) is 0.483. The monoisotopic (exact) mass is 554 g/mol. The van der Waals surface area contributed by atoms with Crippen LogP contribution in [0, 0.1) is 0 Å². The number of ether oxygens (including phenoxy) is 1. The largest absolute Gasteiger partial charge is 0.418 e. The van der Waals surface area contributed by atoms with E-state index in [1.165, 1.54) is 17.0 Å². The van der Waals surface area contributed by atoms with Crippen LogP contribution in [0.15, 0.2) is 53.8 Å². The van der Waals surface area contributed by atoms with Gasteiger partial charge in [-0.25, -0.2) is 4.79 Å². The second kappa shape index (κ2) is 9.59. The lowest BCUT2D eigenvalue weighted by Gasteiger charge is -2.46. The normalized spacial score (nSPS) is 22.3. The number of fused-ring (bicyclic) bond motifs is 1. The first-order valence-electron chi connectivity index (χ1n) is 13.7. The second-order valence-corrected chi connectivity index (χ2v) is 11.4. The highest BCUT2D eigenvalue weighted by Gasteiger charge is 2.50. The number of aromatic nitrogens is 5. The fourth-order valence-electron chi connectivity index (χ4n) is 6.24. The van der Waals surface area contributed by atoms with Crippen LogP contribution in [-0.4, -0.2) is 42.0 Å². The molecule has 212 valence electrons. The Morgan fingerprint density at radius 1 is 1.18 bits per heavy atom. The third-order valence-corrected chi connectivity index (χ3v) is 8.68. The molecule has 11 heteroatoms. The molecular formula is C29H33F3N6O2. The Morgan fingerprint density at radius 3 is 2.58 bits per heavy atom. The number of alkyl halides is 3. The van der Waals surface area contributed by atoms with Crippen molar-refractivity contribution >= 4 is 5.52 Å². The lowest BCUT2D eigenvalue weighted by molar-refractivity contribution is -0.136. The molecule has 0 amide bonds. The number of benzene rings is 1.